The van der Waals surface area contributed by atoms with Gasteiger partial charge >= 0.3 is 5.97 Å². The van der Waals surface area contributed by atoms with E-state index in [1.807, 2.05) is 12.2 Å². The molecule has 0 aliphatic carbocycles. The number of ether oxygens (including phenoxy) is 1. The minimum absolute atomic E-state index is 0.118. The molecule has 216 valence electrons. The minimum atomic E-state index is -0.995. The van der Waals surface area contributed by atoms with Crippen molar-refractivity contribution in [2.45, 2.75) is 71.3 Å². The van der Waals surface area contributed by atoms with Gasteiger partial charge in [-0.05, 0) is 51.9 Å². The van der Waals surface area contributed by atoms with Gasteiger partial charge < -0.3 is 15.4 Å². The van der Waals surface area contributed by atoms with Crippen LogP contribution in [-0.4, -0.2) is 47.4 Å². The fraction of sp³-hybridized carbons (Fsp3) is 0.406. The Morgan fingerprint density at radius 2 is 1.32 bits per heavy atom. The summed E-state index contributed by atoms with van der Waals surface area (Å²) in [5, 5.41) is 5.19. The smallest absolute Gasteiger partial charge is 0.330 e. The van der Waals surface area contributed by atoms with E-state index >= 15 is 0 Å². The molecule has 0 saturated heterocycles. The number of nitrogens with one attached hydrogen (secondary N) is 2. The van der Waals surface area contributed by atoms with E-state index in [0.29, 0.717) is 12.1 Å². The van der Waals surface area contributed by atoms with E-state index in [1.54, 1.807) is 6.92 Å². The number of carbonyl (C=O) groups is 3. The molecule has 40 heavy (non-hydrogen) atoms. The predicted molar refractivity (Wildman–Crippen MR) is 160 cm³/mol. The molecule has 1 rings (SSSR count). The molecule has 0 fully saturated rings. The summed E-state index contributed by atoms with van der Waals surface area (Å²) in [6.45, 7) is 3.78. The lowest BCUT2D eigenvalue weighted by atomic mass is 10.2. The van der Waals surface area contributed by atoms with E-state index in [9.17, 15) is 14.4 Å². The van der Waals surface area contributed by atoms with Crippen molar-refractivity contribution in [1.29, 1.82) is 0 Å². The number of hydrogen-bond donors (Lipinski definition) is 2. The van der Waals surface area contributed by atoms with Crippen LogP contribution in [0, 0.1) is 6.92 Å². The minimum Gasteiger partial charge on any atom is -0.467 e. The van der Waals surface area contributed by atoms with Crippen molar-refractivity contribution in [3.05, 3.63) is 96.7 Å². The van der Waals surface area contributed by atoms with Crippen LogP contribution in [-0.2, 0) is 14.3 Å². The molecule has 2 amide bonds. The molecule has 2 N–H and O–H groups in total. The van der Waals surface area contributed by atoms with Crippen molar-refractivity contribution < 1.29 is 19.1 Å². The van der Waals surface area contributed by atoms with Crippen LogP contribution in [0.2, 0.25) is 0 Å². The lowest BCUT2D eigenvalue weighted by molar-refractivity contribution is -0.144. The maximum absolute atomic E-state index is 12.3. The van der Waals surface area contributed by atoms with Crippen LogP contribution < -0.4 is 10.6 Å². The van der Waals surface area contributed by atoms with E-state index in [2.05, 4.69) is 88.3 Å². The van der Waals surface area contributed by atoms with Gasteiger partial charge in [0, 0.05) is 19.2 Å². The van der Waals surface area contributed by atoms with E-state index in [-0.39, 0.29) is 24.6 Å². The van der Waals surface area contributed by atoms with Crippen molar-refractivity contribution >= 4 is 17.8 Å². The van der Waals surface area contributed by atoms with Crippen molar-refractivity contribution in [3.63, 3.8) is 0 Å². The zero-order valence-electron chi connectivity index (χ0n) is 24.1. The van der Waals surface area contributed by atoms with Crippen molar-refractivity contribution in [2.24, 2.45) is 0 Å². The van der Waals surface area contributed by atoms with E-state index < -0.39 is 17.9 Å². The van der Waals surface area contributed by atoms with Crippen LogP contribution in [0.4, 0.5) is 0 Å². The van der Waals surface area contributed by atoms with Crippen molar-refractivity contribution in [3.8, 4) is 0 Å². The molecule has 1 atom stereocenters. The first-order chi connectivity index (χ1) is 19.5. The highest BCUT2D eigenvalue weighted by Crippen LogP contribution is 1.99. The number of rotatable bonds is 19. The first kappa shape index (κ1) is 34.0. The zero-order chi connectivity index (χ0) is 29.3. The highest BCUT2D eigenvalue weighted by molar-refractivity contribution is 5.92. The largest absolute Gasteiger partial charge is 0.467 e. The topological polar surface area (TPSA) is 110 Å². The molecule has 1 unspecified atom stereocenters. The molecular weight excluding hydrogens is 504 g/mol. The van der Waals surface area contributed by atoms with Crippen LogP contribution in [0.5, 0.6) is 0 Å². The highest BCUT2D eigenvalue weighted by Gasteiger charge is 2.22. The molecule has 8 heteroatoms. The van der Waals surface area contributed by atoms with Gasteiger partial charge in [0.05, 0.1) is 19.0 Å². The quantitative estimate of drug-likeness (QED) is 0.171. The van der Waals surface area contributed by atoms with Crippen LogP contribution in [0.15, 0.2) is 85.3 Å². The first-order valence-electron chi connectivity index (χ1n) is 13.8. The maximum Gasteiger partial charge on any atom is 0.330 e. The number of allylic oxidation sites excluding steroid dienone is 12. The summed E-state index contributed by atoms with van der Waals surface area (Å²) in [6, 6.07) is -0.995. The number of aryl methyl sites for hydroxylation is 1. The Morgan fingerprint density at radius 1 is 0.800 bits per heavy atom. The monoisotopic (exact) mass is 548 g/mol. The highest BCUT2D eigenvalue weighted by atomic mass is 16.5. The Balaban J connectivity index is 2.21. The number of nitrogens with zero attached hydrogens (tertiary/aromatic N) is 2. The van der Waals surface area contributed by atoms with Crippen molar-refractivity contribution in [2.75, 3.05) is 13.7 Å². The number of methoxy groups -OCH3 is 1. The van der Waals surface area contributed by atoms with E-state index in [1.165, 1.54) is 19.5 Å². The second-order valence-electron chi connectivity index (χ2n) is 8.85. The Hall–Kier alpha value is -4.07. The fourth-order valence-electron chi connectivity index (χ4n) is 3.25. The Bertz CT molecular complexity index is 1050. The summed E-state index contributed by atoms with van der Waals surface area (Å²) in [5.74, 6) is -1.44. The second kappa shape index (κ2) is 22.9. The third-order valence-corrected chi connectivity index (χ3v) is 5.44. The van der Waals surface area contributed by atoms with Gasteiger partial charge in [0.15, 0.2) is 0 Å². The van der Waals surface area contributed by atoms with Crippen LogP contribution in [0.1, 0.15) is 74.5 Å². The molecule has 1 aromatic rings. The van der Waals surface area contributed by atoms with E-state index in [4.69, 9.17) is 4.74 Å². The van der Waals surface area contributed by atoms with Gasteiger partial charge in [0.25, 0.3) is 5.91 Å². The summed E-state index contributed by atoms with van der Waals surface area (Å²) >= 11 is 0. The normalized spacial score (nSPS) is 12.9. The first-order valence-corrected chi connectivity index (χ1v) is 13.8. The molecule has 0 bridgehead atoms. The number of amides is 2. The molecule has 8 nitrogen and oxygen atoms in total. The average molecular weight is 549 g/mol. The third kappa shape index (κ3) is 17.4. The van der Waals surface area contributed by atoms with Gasteiger partial charge in [-0.1, -0.05) is 79.8 Å². The Labute approximate surface area is 239 Å². The summed E-state index contributed by atoms with van der Waals surface area (Å²) in [4.78, 5) is 44.6. The summed E-state index contributed by atoms with van der Waals surface area (Å²) < 4.78 is 4.74. The zero-order valence-corrected chi connectivity index (χ0v) is 24.1. The van der Waals surface area contributed by atoms with Crippen molar-refractivity contribution in [1.82, 2.24) is 20.6 Å². The number of aromatic nitrogens is 2. The predicted octanol–water partition coefficient (Wildman–Crippen LogP) is 5.65. The van der Waals surface area contributed by atoms with Gasteiger partial charge in [-0.3, -0.25) is 14.6 Å². The fourth-order valence-corrected chi connectivity index (χ4v) is 3.25. The van der Waals surface area contributed by atoms with Gasteiger partial charge in [-0.15, -0.1) is 0 Å². The number of esters is 1. The Morgan fingerprint density at radius 3 is 1.80 bits per heavy atom. The molecule has 0 saturated carbocycles. The standard InChI is InChI=1S/C32H44N4O4/c1-4-5-6-7-8-9-10-11-12-13-14-15-16-17-18-19-20-21-22-23-30(37)36-29(32(39)40-3)26-35-31(38)28-25-33-27(2)24-34-28/h5-6,8-9,11-12,14-15,17-18,20-21,24-25,29H,4,7,10,13,16,19,22-23,26H2,1-3H3,(H,35,38)(H,36,37). The molecule has 1 aromatic heterocycles. The summed E-state index contributed by atoms with van der Waals surface area (Å²) in [6.07, 6.45) is 34.8. The lowest BCUT2D eigenvalue weighted by Gasteiger charge is -2.17. The molecule has 1 heterocycles. The average Bonchev–Trinajstić information content (AvgIpc) is 2.96. The van der Waals surface area contributed by atoms with Gasteiger partial charge in [0.1, 0.15) is 11.7 Å². The molecule has 0 aromatic carbocycles. The van der Waals surface area contributed by atoms with E-state index in [0.717, 1.165) is 38.5 Å². The van der Waals surface area contributed by atoms with Crippen LogP contribution in [0.3, 0.4) is 0 Å². The van der Waals surface area contributed by atoms with Gasteiger partial charge in [0.2, 0.25) is 5.91 Å². The molecule has 0 spiro atoms. The number of hydrogen-bond acceptors (Lipinski definition) is 6. The maximum atomic E-state index is 12.3. The lowest BCUT2D eigenvalue weighted by Crippen LogP contribution is -2.49. The third-order valence-electron chi connectivity index (χ3n) is 5.44. The molecule has 0 radical (unpaired) electrons. The molecule has 0 aliphatic heterocycles. The van der Waals surface area contributed by atoms with Gasteiger partial charge in [-0.25, -0.2) is 9.78 Å². The molecule has 0 aliphatic rings. The SMILES string of the molecule is CCC=CCC=CCC=CCC=CCC=CCC=CCCC(=O)NC(CNC(=O)c1cnc(C)cn1)C(=O)OC. The van der Waals surface area contributed by atoms with Gasteiger partial charge in [-0.2, -0.15) is 0 Å². The van der Waals surface area contributed by atoms with Crippen LogP contribution >= 0.6 is 0 Å². The summed E-state index contributed by atoms with van der Waals surface area (Å²) in [5.41, 5.74) is 0.807. The Kier molecular flexibility index (Phi) is 19.4. The van der Waals surface area contributed by atoms with Crippen LogP contribution in [0.25, 0.3) is 0 Å². The summed E-state index contributed by atoms with van der Waals surface area (Å²) in [7, 11) is 1.23. The number of carbonyl (C=O) groups excluding carboxylic acids is 3. The second-order valence-corrected chi connectivity index (χ2v) is 8.85. The molecular formula is C32H44N4O4.